The number of rotatable bonds is 5. The quantitative estimate of drug-likeness (QED) is 0.898. The number of benzene rings is 1. The van der Waals surface area contributed by atoms with Crippen LogP contribution in [0.5, 0.6) is 5.75 Å². The van der Waals surface area contributed by atoms with Gasteiger partial charge in [-0.1, -0.05) is 6.07 Å². The molecule has 0 spiro atoms. The molecule has 1 aromatic carbocycles. The summed E-state index contributed by atoms with van der Waals surface area (Å²) >= 11 is 0. The van der Waals surface area contributed by atoms with Crippen molar-refractivity contribution in [2.24, 2.45) is 0 Å². The van der Waals surface area contributed by atoms with Gasteiger partial charge in [-0.3, -0.25) is 4.21 Å². The summed E-state index contributed by atoms with van der Waals surface area (Å²) in [6.45, 7) is 1.87. The number of nitrogens with zero attached hydrogens (tertiary/aromatic N) is 1. The van der Waals surface area contributed by atoms with Crippen LogP contribution in [0, 0.1) is 0 Å². The molecule has 0 aliphatic heterocycles. The molecule has 0 aliphatic carbocycles. The Morgan fingerprint density at radius 2 is 2.21 bits per heavy atom. The van der Waals surface area contributed by atoms with Gasteiger partial charge >= 0.3 is 6.03 Å². The molecule has 2 unspecified atom stereocenters. The van der Waals surface area contributed by atoms with Gasteiger partial charge in [0.15, 0.2) is 0 Å². The zero-order chi connectivity index (χ0) is 14.4. The summed E-state index contributed by atoms with van der Waals surface area (Å²) < 4.78 is 16.3. The smallest absolute Gasteiger partial charge is 0.321 e. The number of hydrogen-bond donors (Lipinski definition) is 1. The van der Waals surface area contributed by atoms with Crippen LogP contribution in [-0.2, 0) is 10.8 Å². The Kier molecular flexibility index (Phi) is 5.82. The van der Waals surface area contributed by atoms with Gasteiger partial charge < -0.3 is 15.0 Å². The average molecular weight is 284 g/mol. The van der Waals surface area contributed by atoms with Crippen molar-refractivity contribution in [2.75, 3.05) is 31.5 Å². The number of nitrogens with one attached hydrogen (secondary N) is 1. The molecule has 0 radical (unpaired) electrons. The average Bonchev–Trinajstić information content (AvgIpc) is 2.37. The molecule has 2 atom stereocenters. The summed E-state index contributed by atoms with van der Waals surface area (Å²) in [5.41, 5.74) is 0.668. The van der Waals surface area contributed by atoms with Gasteiger partial charge in [0.1, 0.15) is 5.75 Å². The van der Waals surface area contributed by atoms with Gasteiger partial charge in [-0.05, 0) is 19.1 Å². The van der Waals surface area contributed by atoms with Gasteiger partial charge in [-0.2, -0.15) is 0 Å². The summed E-state index contributed by atoms with van der Waals surface area (Å²) in [5, 5.41) is 2.78. The Morgan fingerprint density at radius 1 is 1.53 bits per heavy atom. The SMILES string of the molecule is COc1cccc(NC(=O)N(C)C(C)CS(C)=O)c1. The zero-order valence-electron chi connectivity index (χ0n) is 11.7. The monoisotopic (exact) mass is 284 g/mol. The summed E-state index contributed by atoms with van der Waals surface area (Å²) in [4.78, 5) is 13.6. The first-order valence-corrected chi connectivity index (χ1v) is 7.64. The predicted molar refractivity (Wildman–Crippen MR) is 78.2 cm³/mol. The minimum Gasteiger partial charge on any atom is -0.497 e. The Morgan fingerprint density at radius 3 is 2.79 bits per heavy atom. The van der Waals surface area contributed by atoms with Crippen molar-refractivity contribution in [3.05, 3.63) is 24.3 Å². The number of carbonyl (C=O) groups is 1. The van der Waals surface area contributed by atoms with E-state index in [0.717, 1.165) is 0 Å². The lowest BCUT2D eigenvalue weighted by molar-refractivity contribution is 0.212. The van der Waals surface area contributed by atoms with Crippen molar-refractivity contribution >= 4 is 22.5 Å². The maximum absolute atomic E-state index is 12.0. The van der Waals surface area contributed by atoms with Crippen LogP contribution in [0.4, 0.5) is 10.5 Å². The molecule has 19 heavy (non-hydrogen) atoms. The molecule has 0 saturated carbocycles. The predicted octanol–water partition coefficient (Wildman–Crippen LogP) is 1.93. The number of ether oxygens (including phenoxy) is 1. The van der Waals surface area contributed by atoms with E-state index in [2.05, 4.69) is 5.32 Å². The maximum atomic E-state index is 12.0. The first-order chi connectivity index (χ1) is 8.93. The molecule has 0 bridgehead atoms. The molecular formula is C13H20N2O3S. The third kappa shape index (κ3) is 4.90. The topological polar surface area (TPSA) is 58.6 Å². The van der Waals surface area contributed by atoms with Gasteiger partial charge in [-0.25, -0.2) is 4.79 Å². The van der Waals surface area contributed by atoms with Gasteiger partial charge in [0.25, 0.3) is 0 Å². The summed E-state index contributed by atoms with van der Waals surface area (Å²) in [5.74, 6) is 1.14. The molecule has 0 fully saturated rings. The van der Waals surface area contributed by atoms with Crippen LogP contribution < -0.4 is 10.1 Å². The normalized spacial score (nSPS) is 13.5. The second-order valence-electron chi connectivity index (χ2n) is 4.36. The summed E-state index contributed by atoms with van der Waals surface area (Å²) in [6.07, 6.45) is 1.63. The summed E-state index contributed by atoms with van der Waals surface area (Å²) in [7, 11) is 2.34. The third-order valence-corrected chi connectivity index (χ3v) is 3.73. The summed E-state index contributed by atoms with van der Waals surface area (Å²) in [6, 6.07) is 6.83. The molecule has 1 aromatic rings. The van der Waals surface area contributed by atoms with E-state index in [-0.39, 0.29) is 12.1 Å². The van der Waals surface area contributed by atoms with Gasteiger partial charge in [0.05, 0.1) is 7.11 Å². The van der Waals surface area contributed by atoms with Gasteiger partial charge in [-0.15, -0.1) is 0 Å². The van der Waals surface area contributed by atoms with Crippen LogP contribution in [-0.4, -0.2) is 47.3 Å². The molecule has 0 aromatic heterocycles. The van der Waals surface area contributed by atoms with E-state index >= 15 is 0 Å². The largest absolute Gasteiger partial charge is 0.497 e. The van der Waals surface area contributed by atoms with Crippen molar-refractivity contribution in [1.82, 2.24) is 4.90 Å². The number of hydrogen-bond acceptors (Lipinski definition) is 3. The molecule has 0 saturated heterocycles. The highest BCUT2D eigenvalue weighted by Crippen LogP contribution is 2.17. The fraction of sp³-hybridized carbons (Fsp3) is 0.462. The van der Waals surface area contributed by atoms with Crippen LogP contribution >= 0.6 is 0 Å². The number of anilines is 1. The molecule has 6 heteroatoms. The number of amides is 2. The molecule has 106 valence electrons. The number of urea groups is 1. The number of carbonyl (C=O) groups excluding carboxylic acids is 1. The maximum Gasteiger partial charge on any atom is 0.321 e. The number of methoxy groups -OCH3 is 1. The van der Waals surface area contributed by atoms with E-state index in [1.807, 2.05) is 13.0 Å². The van der Waals surface area contributed by atoms with Crippen LogP contribution in [0.2, 0.25) is 0 Å². The van der Waals surface area contributed by atoms with Crippen molar-refractivity contribution in [3.63, 3.8) is 0 Å². The lowest BCUT2D eigenvalue weighted by Crippen LogP contribution is -2.40. The second-order valence-corrected chi connectivity index (χ2v) is 5.84. The fourth-order valence-electron chi connectivity index (χ4n) is 1.56. The molecule has 0 heterocycles. The van der Waals surface area contributed by atoms with Crippen molar-refractivity contribution in [2.45, 2.75) is 13.0 Å². The van der Waals surface area contributed by atoms with Gasteiger partial charge in [0, 0.05) is 47.7 Å². The highest BCUT2D eigenvalue weighted by molar-refractivity contribution is 7.84. The second kappa shape index (κ2) is 7.13. The van der Waals surface area contributed by atoms with Crippen LogP contribution in [0.15, 0.2) is 24.3 Å². The minimum absolute atomic E-state index is 0.0866. The van der Waals surface area contributed by atoms with Gasteiger partial charge in [0.2, 0.25) is 0 Å². The molecular weight excluding hydrogens is 264 g/mol. The van der Waals surface area contributed by atoms with E-state index in [9.17, 15) is 9.00 Å². The lowest BCUT2D eigenvalue weighted by Gasteiger charge is -2.24. The molecule has 0 aliphatic rings. The first kappa shape index (κ1) is 15.5. The Bertz CT molecular complexity index is 465. The molecule has 1 rings (SSSR count). The Labute approximate surface area is 116 Å². The van der Waals surface area contributed by atoms with E-state index in [4.69, 9.17) is 4.74 Å². The van der Waals surface area contributed by atoms with E-state index in [0.29, 0.717) is 17.2 Å². The zero-order valence-corrected chi connectivity index (χ0v) is 12.5. The van der Waals surface area contributed by atoms with E-state index < -0.39 is 10.8 Å². The highest BCUT2D eigenvalue weighted by Gasteiger charge is 2.16. The van der Waals surface area contributed by atoms with E-state index in [1.54, 1.807) is 43.5 Å². The first-order valence-electron chi connectivity index (χ1n) is 5.92. The Hall–Kier alpha value is -1.56. The lowest BCUT2D eigenvalue weighted by atomic mass is 10.3. The van der Waals surface area contributed by atoms with Crippen LogP contribution in [0.1, 0.15) is 6.92 Å². The highest BCUT2D eigenvalue weighted by atomic mass is 32.2. The molecule has 5 nitrogen and oxygen atoms in total. The fourth-order valence-corrected chi connectivity index (χ4v) is 2.47. The standard InChI is InChI=1S/C13H20N2O3S/c1-10(9-19(4)17)15(2)13(16)14-11-6-5-7-12(8-11)18-3/h5-8,10H,9H2,1-4H3,(H,14,16). The van der Waals surface area contributed by atoms with E-state index in [1.165, 1.54) is 0 Å². The van der Waals surface area contributed by atoms with Crippen molar-refractivity contribution < 1.29 is 13.7 Å². The Balaban J connectivity index is 2.65. The van der Waals surface area contributed by atoms with Crippen LogP contribution in [0.25, 0.3) is 0 Å². The third-order valence-electron chi connectivity index (χ3n) is 2.78. The van der Waals surface area contributed by atoms with Crippen molar-refractivity contribution in [3.8, 4) is 5.75 Å². The molecule has 1 N–H and O–H groups in total. The molecule has 2 amide bonds. The van der Waals surface area contributed by atoms with Crippen molar-refractivity contribution in [1.29, 1.82) is 0 Å². The van der Waals surface area contributed by atoms with Crippen LogP contribution in [0.3, 0.4) is 0 Å². The minimum atomic E-state index is -0.926.